The summed E-state index contributed by atoms with van der Waals surface area (Å²) in [5.41, 5.74) is 3.09. The molecule has 0 aromatic heterocycles. The molecule has 3 nitrogen and oxygen atoms in total. The van der Waals surface area contributed by atoms with Gasteiger partial charge in [-0.3, -0.25) is 0 Å². The van der Waals surface area contributed by atoms with Crippen LogP contribution in [0, 0.1) is 0 Å². The molecule has 0 spiro atoms. The van der Waals surface area contributed by atoms with Crippen LogP contribution in [0.4, 0.5) is 5.69 Å². The van der Waals surface area contributed by atoms with E-state index in [1.807, 2.05) is 18.2 Å². The monoisotopic (exact) mass is 231 g/mol. The van der Waals surface area contributed by atoms with E-state index in [-0.39, 0.29) is 12.1 Å². The Bertz CT molecular complexity index is 438. The Labute approximate surface area is 101 Å². The molecule has 0 radical (unpaired) electrons. The van der Waals surface area contributed by atoms with Crippen LogP contribution in [-0.4, -0.2) is 18.6 Å². The number of rotatable bonds is 2. The van der Waals surface area contributed by atoms with Crippen molar-refractivity contribution in [3.05, 3.63) is 29.3 Å². The van der Waals surface area contributed by atoms with Crippen LogP contribution in [0.3, 0.4) is 0 Å². The zero-order valence-electron chi connectivity index (χ0n) is 9.87. The highest BCUT2D eigenvalue weighted by Crippen LogP contribution is 2.26. The molecule has 1 aromatic carbocycles. The molecule has 1 N–H and O–H groups in total. The van der Waals surface area contributed by atoms with Crippen molar-refractivity contribution in [3.8, 4) is 0 Å². The SMILES string of the molecule is O=C(OC1CCC1)c1ccc2c(c1)CCCN2. The zero-order chi connectivity index (χ0) is 11.7. The molecule has 1 saturated carbocycles. The maximum Gasteiger partial charge on any atom is 0.338 e. The van der Waals surface area contributed by atoms with Crippen molar-refractivity contribution in [1.82, 2.24) is 0 Å². The van der Waals surface area contributed by atoms with Gasteiger partial charge in [-0.05, 0) is 55.9 Å². The normalized spacial score (nSPS) is 18.8. The van der Waals surface area contributed by atoms with E-state index >= 15 is 0 Å². The summed E-state index contributed by atoms with van der Waals surface area (Å²) in [5.74, 6) is -0.164. The summed E-state index contributed by atoms with van der Waals surface area (Å²) in [7, 11) is 0. The number of benzene rings is 1. The lowest BCUT2D eigenvalue weighted by atomic mass is 9.96. The molecular weight excluding hydrogens is 214 g/mol. The van der Waals surface area contributed by atoms with E-state index in [0.29, 0.717) is 5.56 Å². The van der Waals surface area contributed by atoms with Gasteiger partial charge in [-0.2, -0.15) is 0 Å². The largest absolute Gasteiger partial charge is 0.459 e. The summed E-state index contributed by atoms with van der Waals surface area (Å²) in [6.07, 6.45) is 5.58. The number of aryl methyl sites for hydroxylation is 1. The predicted molar refractivity (Wildman–Crippen MR) is 66.3 cm³/mol. The fourth-order valence-electron chi connectivity index (χ4n) is 2.31. The average molecular weight is 231 g/mol. The highest BCUT2D eigenvalue weighted by Gasteiger charge is 2.23. The molecular formula is C14H17NO2. The molecule has 3 rings (SSSR count). The van der Waals surface area contributed by atoms with Gasteiger partial charge < -0.3 is 10.1 Å². The fourth-order valence-corrected chi connectivity index (χ4v) is 2.31. The molecule has 17 heavy (non-hydrogen) atoms. The molecule has 1 heterocycles. The van der Waals surface area contributed by atoms with Gasteiger partial charge in [0.15, 0.2) is 0 Å². The molecule has 0 atom stereocenters. The van der Waals surface area contributed by atoms with Crippen molar-refractivity contribution in [3.63, 3.8) is 0 Å². The first-order valence-electron chi connectivity index (χ1n) is 6.41. The van der Waals surface area contributed by atoms with Gasteiger partial charge in [-0.15, -0.1) is 0 Å². The van der Waals surface area contributed by atoms with Crippen LogP contribution in [0.1, 0.15) is 41.6 Å². The molecule has 0 unspecified atom stereocenters. The summed E-state index contributed by atoms with van der Waals surface area (Å²) in [5, 5.41) is 3.34. The van der Waals surface area contributed by atoms with Crippen LogP contribution in [0.15, 0.2) is 18.2 Å². The van der Waals surface area contributed by atoms with Crippen LogP contribution < -0.4 is 5.32 Å². The number of carbonyl (C=O) groups excluding carboxylic acids is 1. The minimum absolute atomic E-state index is 0.164. The number of fused-ring (bicyclic) bond motifs is 1. The Hall–Kier alpha value is -1.51. The van der Waals surface area contributed by atoms with E-state index in [0.717, 1.165) is 37.9 Å². The number of anilines is 1. The zero-order valence-corrected chi connectivity index (χ0v) is 9.87. The van der Waals surface area contributed by atoms with Crippen molar-refractivity contribution < 1.29 is 9.53 Å². The van der Waals surface area contributed by atoms with Gasteiger partial charge in [0.2, 0.25) is 0 Å². The van der Waals surface area contributed by atoms with E-state index in [1.165, 1.54) is 12.0 Å². The van der Waals surface area contributed by atoms with Crippen molar-refractivity contribution in [2.75, 3.05) is 11.9 Å². The van der Waals surface area contributed by atoms with Gasteiger partial charge in [0.05, 0.1) is 5.56 Å². The summed E-state index contributed by atoms with van der Waals surface area (Å²) < 4.78 is 5.40. The van der Waals surface area contributed by atoms with Gasteiger partial charge in [-0.1, -0.05) is 0 Å². The van der Waals surface area contributed by atoms with E-state index in [1.54, 1.807) is 0 Å². The second-order valence-corrected chi connectivity index (χ2v) is 4.86. The molecule has 1 fully saturated rings. The highest BCUT2D eigenvalue weighted by atomic mass is 16.5. The molecule has 1 aliphatic heterocycles. The first-order valence-corrected chi connectivity index (χ1v) is 6.41. The molecule has 0 saturated heterocycles. The van der Waals surface area contributed by atoms with Gasteiger partial charge in [0.1, 0.15) is 6.10 Å². The van der Waals surface area contributed by atoms with Gasteiger partial charge in [0.25, 0.3) is 0 Å². The molecule has 1 aliphatic carbocycles. The van der Waals surface area contributed by atoms with E-state index < -0.39 is 0 Å². The van der Waals surface area contributed by atoms with Crippen LogP contribution in [0.2, 0.25) is 0 Å². The van der Waals surface area contributed by atoms with Crippen LogP contribution >= 0.6 is 0 Å². The lowest BCUT2D eigenvalue weighted by molar-refractivity contribution is 0.00900. The second kappa shape index (κ2) is 4.40. The van der Waals surface area contributed by atoms with Gasteiger partial charge in [-0.25, -0.2) is 4.79 Å². The lowest BCUT2D eigenvalue weighted by Gasteiger charge is -2.25. The third-order valence-corrected chi connectivity index (χ3v) is 3.61. The smallest absolute Gasteiger partial charge is 0.338 e. The number of hydrogen-bond acceptors (Lipinski definition) is 3. The number of nitrogens with one attached hydrogen (secondary N) is 1. The molecule has 1 aromatic rings. The molecule has 0 amide bonds. The number of ether oxygens (including phenoxy) is 1. The highest BCUT2D eigenvalue weighted by molar-refractivity contribution is 5.90. The fraction of sp³-hybridized carbons (Fsp3) is 0.500. The lowest BCUT2D eigenvalue weighted by Crippen LogP contribution is -2.25. The topological polar surface area (TPSA) is 38.3 Å². The molecule has 90 valence electrons. The van der Waals surface area contributed by atoms with Crippen molar-refractivity contribution in [2.24, 2.45) is 0 Å². The van der Waals surface area contributed by atoms with Crippen LogP contribution in [0.5, 0.6) is 0 Å². The summed E-state index contributed by atoms with van der Waals surface area (Å²) in [6.45, 7) is 1.03. The predicted octanol–water partition coefficient (Wildman–Crippen LogP) is 2.75. The first-order chi connectivity index (χ1) is 8.33. The van der Waals surface area contributed by atoms with Crippen molar-refractivity contribution >= 4 is 11.7 Å². The Morgan fingerprint density at radius 1 is 1.29 bits per heavy atom. The number of esters is 1. The quantitative estimate of drug-likeness (QED) is 0.795. The first kappa shape index (κ1) is 10.6. The van der Waals surface area contributed by atoms with Crippen LogP contribution in [-0.2, 0) is 11.2 Å². The van der Waals surface area contributed by atoms with Crippen molar-refractivity contribution in [1.29, 1.82) is 0 Å². The Balaban J connectivity index is 1.75. The summed E-state index contributed by atoms with van der Waals surface area (Å²) >= 11 is 0. The average Bonchev–Trinajstić information content (AvgIpc) is 2.33. The minimum atomic E-state index is -0.164. The Morgan fingerprint density at radius 2 is 2.18 bits per heavy atom. The van der Waals surface area contributed by atoms with E-state index in [9.17, 15) is 4.79 Å². The minimum Gasteiger partial charge on any atom is -0.459 e. The Kier molecular flexibility index (Phi) is 2.75. The molecule has 2 aliphatic rings. The maximum atomic E-state index is 11.9. The van der Waals surface area contributed by atoms with Gasteiger partial charge >= 0.3 is 5.97 Å². The standard InChI is InChI=1S/C14H17NO2/c16-14(17-12-4-1-5-12)11-6-7-13-10(9-11)3-2-8-15-13/h6-7,9,12,15H,1-5,8H2. The third kappa shape index (κ3) is 2.14. The number of hydrogen-bond donors (Lipinski definition) is 1. The van der Waals surface area contributed by atoms with E-state index in [2.05, 4.69) is 5.32 Å². The van der Waals surface area contributed by atoms with Crippen LogP contribution in [0.25, 0.3) is 0 Å². The maximum absolute atomic E-state index is 11.9. The summed E-state index contributed by atoms with van der Waals surface area (Å²) in [6, 6.07) is 5.83. The molecule has 3 heteroatoms. The summed E-state index contributed by atoms with van der Waals surface area (Å²) in [4.78, 5) is 11.9. The second-order valence-electron chi connectivity index (χ2n) is 4.86. The number of carbonyl (C=O) groups is 1. The Morgan fingerprint density at radius 3 is 2.94 bits per heavy atom. The van der Waals surface area contributed by atoms with Crippen molar-refractivity contribution in [2.45, 2.75) is 38.2 Å². The van der Waals surface area contributed by atoms with E-state index in [4.69, 9.17) is 4.74 Å². The molecule has 0 bridgehead atoms. The van der Waals surface area contributed by atoms with Gasteiger partial charge in [0, 0.05) is 12.2 Å². The third-order valence-electron chi connectivity index (χ3n) is 3.61.